The normalized spacial score (nSPS) is 6.32. The summed E-state index contributed by atoms with van der Waals surface area (Å²) in [6.07, 6.45) is 1.25. The lowest BCUT2D eigenvalue weighted by molar-refractivity contribution is -0.114. The summed E-state index contributed by atoms with van der Waals surface area (Å²) in [6.45, 7) is 22.1. The number of hydrogen-bond donors (Lipinski definition) is 2. The van der Waals surface area contributed by atoms with Crippen molar-refractivity contribution in [2.75, 3.05) is 28.3 Å². The molecule has 0 atom stereocenters. The van der Waals surface area contributed by atoms with Gasteiger partial charge in [-0.15, -0.1) is 6.58 Å². The Hall–Kier alpha value is -0.910. The molecule has 0 saturated heterocycles. The summed E-state index contributed by atoms with van der Waals surface area (Å²) >= 11 is 4.54. The Bertz CT molecular complexity index is 198. The van der Waals surface area contributed by atoms with E-state index in [-0.39, 0.29) is 5.78 Å². The lowest BCUT2D eigenvalue weighted by Gasteiger charge is -1.65. The molecule has 4 nitrogen and oxygen atoms in total. The van der Waals surface area contributed by atoms with Crippen LogP contribution >= 0.6 is 12.2 Å². The Kier molecular flexibility index (Phi) is 99.8. The molecule has 0 aromatic rings. The second kappa shape index (κ2) is 56.8. The molecular weight excluding hydrogens is 332 g/mol. The number of ketones is 1. The summed E-state index contributed by atoms with van der Waals surface area (Å²) in [5.41, 5.74) is 1.83. The van der Waals surface area contributed by atoms with E-state index in [0.29, 0.717) is 5.71 Å². The molecule has 0 unspecified atom stereocenters. The molecule has 0 fully saturated rings. The van der Waals surface area contributed by atoms with Gasteiger partial charge in [0.25, 0.3) is 0 Å². The second-order valence-electron chi connectivity index (χ2n) is 5.64. The van der Waals surface area contributed by atoms with Gasteiger partial charge in [0.15, 0.2) is 0 Å². The molecule has 0 heterocycles. The van der Waals surface area contributed by atoms with Crippen LogP contribution < -0.4 is 5.32 Å². The van der Waals surface area contributed by atoms with Crippen molar-refractivity contribution in [3.63, 3.8) is 0 Å². The van der Waals surface area contributed by atoms with Gasteiger partial charge >= 0.3 is 0 Å². The highest BCUT2D eigenvalue weighted by Crippen LogP contribution is 1.73. The molecule has 0 spiro atoms. The number of Topliss-reactive ketones (excluding diaryl/α,β-unsaturated/α-hetero) is 1. The van der Waals surface area contributed by atoms with Crippen LogP contribution in [0.25, 0.3) is 0 Å². The molecule has 0 aliphatic rings. The van der Waals surface area contributed by atoms with Crippen LogP contribution in [0.4, 0.5) is 0 Å². The van der Waals surface area contributed by atoms with Crippen LogP contribution in [-0.4, -0.2) is 44.7 Å². The lowest BCUT2D eigenvalue weighted by Crippen LogP contribution is -1.89. The summed E-state index contributed by atoms with van der Waals surface area (Å²) in [4.78, 5) is 10.4. The van der Waals surface area contributed by atoms with Gasteiger partial charge in [0.05, 0.1) is 0 Å². The van der Waals surface area contributed by atoms with Crippen molar-refractivity contribution >= 4 is 28.6 Å². The molecule has 0 amide bonds. The minimum Gasteiger partial charge on any atom is -0.388 e. The molecule has 0 aliphatic carbocycles. The Balaban J connectivity index is -0.0000000304. The maximum absolute atomic E-state index is 9.44. The van der Waals surface area contributed by atoms with Crippen LogP contribution in [0.1, 0.15) is 75.7 Å². The molecule has 2 N–H and O–H groups in total. The van der Waals surface area contributed by atoms with E-state index in [1.807, 2.05) is 41.8 Å². The van der Waals surface area contributed by atoms with E-state index in [2.05, 4.69) is 42.7 Å². The van der Waals surface area contributed by atoms with E-state index in [4.69, 9.17) is 5.41 Å². The zero-order chi connectivity index (χ0) is 22.4. The van der Waals surface area contributed by atoms with Crippen LogP contribution in [0, 0.1) is 5.41 Å². The number of nitrogens with one attached hydrogen (secondary N) is 2. The Morgan fingerprint density at radius 3 is 0.960 bits per heavy atom. The Labute approximate surface area is 165 Å². The van der Waals surface area contributed by atoms with Crippen molar-refractivity contribution in [2.24, 2.45) is 0 Å². The second-order valence-corrected chi connectivity index (χ2v) is 6.46. The quantitative estimate of drug-likeness (QED) is 0.301. The van der Waals surface area contributed by atoms with Crippen molar-refractivity contribution in [3.05, 3.63) is 12.2 Å². The fourth-order valence-electron chi connectivity index (χ4n) is 0. The van der Waals surface area contributed by atoms with Gasteiger partial charge in [0.2, 0.25) is 0 Å². The van der Waals surface area contributed by atoms with Crippen molar-refractivity contribution in [2.45, 2.75) is 75.7 Å². The van der Waals surface area contributed by atoms with Gasteiger partial charge in [0.1, 0.15) is 5.78 Å². The molecule has 0 aromatic heterocycles. The standard InChI is InChI=1S/C4H8.C3H7N.C3H6O.C3H6S.C3H8.C2H7N.C2H6O/c1-4(2)3;3*1-3(2)4;3*1-3-2/h1H2,2-3H3;4H,1-2H3;2*1-2H3;3H2,1-2H3;3H,1-2H3;1-2H3. The Morgan fingerprint density at radius 1 is 0.960 bits per heavy atom. The minimum atomic E-state index is 0.167. The van der Waals surface area contributed by atoms with Crippen molar-refractivity contribution in [1.29, 1.82) is 5.41 Å². The predicted molar refractivity (Wildman–Crippen MR) is 124 cm³/mol. The van der Waals surface area contributed by atoms with Gasteiger partial charge in [-0.25, -0.2) is 0 Å². The maximum atomic E-state index is 9.44. The monoisotopic (exact) mass is 380 g/mol. The third kappa shape index (κ3) is 12400. The van der Waals surface area contributed by atoms with Gasteiger partial charge in [-0.2, -0.15) is 0 Å². The van der Waals surface area contributed by atoms with E-state index in [0.717, 1.165) is 4.86 Å². The van der Waals surface area contributed by atoms with Crippen molar-refractivity contribution in [1.82, 2.24) is 5.32 Å². The van der Waals surface area contributed by atoms with Crippen LogP contribution in [0.2, 0.25) is 0 Å². The fourth-order valence-corrected chi connectivity index (χ4v) is 0. The van der Waals surface area contributed by atoms with Gasteiger partial charge in [-0.3, -0.25) is 0 Å². The fraction of sp³-hybridized carbons (Fsp3) is 0.750. The molecule has 0 aromatic carbocycles. The average molecular weight is 381 g/mol. The highest BCUT2D eigenvalue weighted by molar-refractivity contribution is 7.80. The van der Waals surface area contributed by atoms with E-state index in [1.54, 1.807) is 28.1 Å². The minimum absolute atomic E-state index is 0.167. The van der Waals surface area contributed by atoms with E-state index >= 15 is 0 Å². The third-order valence-corrected chi connectivity index (χ3v) is 0. The molecule has 0 radical (unpaired) electrons. The van der Waals surface area contributed by atoms with Crippen LogP contribution in [0.5, 0.6) is 0 Å². The number of ether oxygens (including phenoxy) is 1. The zero-order valence-corrected chi connectivity index (χ0v) is 20.5. The smallest absolute Gasteiger partial charge is 0.126 e. The van der Waals surface area contributed by atoms with Gasteiger partial charge in [-0.05, 0) is 74.3 Å². The van der Waals surface area contributed by atoms with Gasteiger partial charge in [-0.1, -0.05) is 38.1 Å². The van der Waals surface area contributed by atoms with Crippen LogP contribution in [0.15, 0.2) is 12.2 Å². The zero-order valence-electron chi connectivity index (χ0n) is 19.6. The first kappa shape index (κ1) is 44.0. The molecule has 5 heteroatoms. The van der Waals surface area contributed by atoms with Crippen LogP contribution in [0.3, 0.4) is 0 Å². The molecule has 0 rings (SSSR count). The van der Waals surface area contributed by atoms with Gasteiger partial charge in [0, 0.05) is 19.9 Å². The molecular formula is C20H48N2O2S. The highest BCUT2D eigenvalue weighted by Gasteiger charge is 1.62. The van der Waals surface area contributed by atoms with E-state index in [1.165, 1.54) is 25.8 Å². The summed E-state index contributed by atoms with van der Waals surface area (Å²) in [5.74, 6) is 0.167. The van der Waals surface area contributed by atoms with E-state index < -0.39 is 0 Å². The predicted octanol–water partition coefficient (Wildman–Crippen LogP) is 6.13. The van der Waals surface area contributed by atoms with Crippen LogP contribution in [-0.2, 0) is 9.53 Å². The number of carbonyl (C=O) groups is 1. The number of allylic oxidation sites excluding steroid dienone is 1. The molecule has 156 valence electrons. The van der Waals surface area contributed by atoms with Gasteiger partial charge < -0.3 is 20.3 Å². The number of hydrogen-bond acceptors (Lipinski definition) is 5. The summed E-state index contributed by atoms with van der Waals surface area (Å²) in [7, 11) is 7.00. The SMILES string of the molecule is C=C(C)C.CC(C)=N.CC(C)=O.CC(C)=S.CCC.CNC.COC. The van der Waals surface area contributed by atoms with Crippen molar-refractivity contribution in [3.8, 4) is 0 Å². The first-order valence-corrected chi connectivity index (χ1v) is 8.65. The highest BCUT2D eigenvalue weighted by atomic mass is 32.1. The Morgan fingerprint density at radius 2 is 0.960 bits per heavy atom. The summed E-state index contributed by atoms with van der Waals surface area (Å²) < 4.78 is 4.25. The first-order valence-electron chi connectivity index (χ1n) is 8.24. The van der Waals surface area contributed by atoms with E-state index in [9.17, 15) is 4.79 Å². The third-order valence-electron chi connectivity index (χ3n) is 0. The summed E-state index contributed by atoms with van der Waals surface area (Å²) in [5, 5.41) is 9.25. The molecule has 0 bridgehead atoms. The maximum Gasteiger partial charge on any atom is 0.126 e. The average Bonchev–Trinajstić information content (AvgIpc) is 2.27. The molecule has 25 heavy (non-hydrogen) atoms. The first-order chi connectivity index (χ1) is 11.2. The topological polar surface area (TPSA) is 62.2 Å². The molecule has 0 aliphatic heterocycles. The number of methoxy groups -OCH3 is 1. The lowest BCUT2D eigenvalue weighted by atomic mass is 10.4. The number of rotatable bonds is 0. The largest absolute Gasteiger partial charge is 0.388 e. The van der Waals surface area contributed by atoms with Crippen molar-refractivity contribution < 1.29 is 9.53 Å². The summed E-state index contributed by atoms with van der Waals surface area (Å²) in [6, 6.07) is 0. The molecule has 0 saturated carbocycles. The number of thiocarbonyl (C=S) groups is 1. The number of carbonyl (C=O) groups excluding carboxylic acids is 1.